The van der Waals surface area contributed by atoms with Crippen LogP contribution in [0.2, 0.25) is 0 Å². The maximum atomic E-state index is 12.7. The van der Waals surface area contributed by atoms with Crippen molar-refractivity contribution in [3.05, 3.63) is 29.8 Å². The van der Waals surface area contributed by atoms with Gasteiger partial charge in [-0.2, -0.15) is 4.31 Å². The SMILES string of the molecule is CCN(CC)S(=O)(=O)c1ccc(C(=O)N2CCN(CCS(C)(=O)=O)CC2)cc1. The molecule has 0 atom stereocenters. The van der Waals surface area contributed by atoms with Crippen molar-refractivity contribution in [3.8, 4) is 0 Å². The van der Waals surface area contributed by atoms with Crippen molar-refractivity contribution in [1.82, 2.24) is 14.1 Å². The van der Waals surface area contributed by atoms with Crippen LogP contribution in [0.5, 0.6) is 0 Å². The Bertz CT molecular complexity index is 870. The fourth-order valence-corrected chi connectivity index (χ4v) is 5.18. The van der Waals surface area contributed by atoms with Crippen LogP contribution in [0.3, 0.4) is 0 Å². The average molecular weight is 432 g/mol. The van der Waals surface area contributed by atoms with E-state index in [1.165, 1.54) is 22.7 Å². The Labute approximate surface area is 168 Å². The smallest absolute Gasteiger partial charge is 0.253 e. The molecule has 0 bridgehead atoms. The number of carbonyl (C=O) groups is 1. The molecule has 1 amide bonds. The second kappa shape index (κ2) is 9.34. The van der Waals surface area contributed by atoms with Crippen LogP contribution >= 0.6 is 0 Å². The Balaban J connectivity index is 1.99. The van der Waals surface area contributed by atoms with Gasteiger partial charge in [-0.25, -0.2) is 16.8 Å². The predicted molar refractivity (Wildman–Crippen MR) is 109 cm³/mol. The van der Waals surface area contributed by atoms with E-state index >= 15 is 0 Å². The predicted octanol–water partition coefficient (Wildman–Crippen LogP) is 0.520. The van der Waals surface area contributed by atoms with Crippen LogP contribution in [0.25, 0.3) is 0 Å². The first-order valence-corrected chi connectivity index (χ1v) is 12.9. The van der Waals surface area contributed by atoms with Crippen LogP contribution in [-0.2, 0) is 19.9 Å². The molecule has 0 radical (unpaired) electrons. The van der Waals surface area contributed by atoms with E-state index in [0.29, 0.717) is 51.4 Å². The van der Waals surface area contributed by atoms with E-state index < -0.39 is 19.9 Å². The molecule has 0 N–H and O–H groups in total. The lowest BCUT2D eigenvalue weighted by Gasteiger charge is -2.34. The van der Waals surface area contributed by atoms with Crippen molar-refractivity contribution in [3.63, 3.8) is 0 Å². The summed E-state index contributed by atoms with van der Waals surface area (Å²) in [6.07, 6.45) is 1.22. The minimum atomic E-state index is -3.54. The van der Waals surface area contributed by atoms with E-state index in [1.807, 2.05) is 4.90 Å². The summed E-state index contributed by atoms with van der Waals surface area (Å²) < 4.78 is 49.0. The summed E-state index contributed by atoms with van der Waals surface area (Å²) in [6.45, 7) is 7.10. The van der Waals surface area contributed by atoms with Gasteiger partial charge in [-0.1, -0.05) is 13.8 Å². The zero-order chi connectivity index (χ0) is 20.9. The molecule has 1 aromatic rings. The Morgan fingerprint density at radius 3 is 1.96 bits per heavy atom. The summed E-state index contributed by atoms with van der Waals surface area (Å²) in [7, 11) is -6.54. The van der Waals surface area contributed by atoms with Gasteiger partial charge in [0.2, 0.25) is 10.0 Å². The molecule has 10 heteroatoms. The van der Waals surface area contributed by atoms with Crippen LogP contribution in [0.15, 0.2) is 29.2 Å². The topological polar surface area (TPSA) is 95.1 Å². The number of benzene rings is 1. The summed E-state index contributed by atoms with van der Waals surface area (Å²) in [6, 6.07) is 6.05. The molecule has 0 spiro atoms. The Kier molecular flexibility index (Phi) is 7.60. The standard InChI is InChI=1S/C18H29N3O5S2/c1-4-21(5-2)28(25,26)17-8-6-16(7-9-17)18(22)20-12-10-19(11-13-20)14-15-27(3,23)24/h6-9H,4-5,10-15H2,1-3H3. The first-order valence-electron chi connectivity index (χ1n) is 9.38. The molecule has 28 heavy (non-hydrogen) atoms. The van der Waals surface area contributed by atoms with Gasteiger partial charge in [0.15, 0.2) is 0 Å². The van der Waals surface area contributed by atoms with Crippen molar-refractivity contribution in [2.45, 2.75) is 18.7 Å². The number of amides is 1. The van der Waals surface area contributed by atoms with Gasteiger partial charge in [0.05, 0.1) is 10.6 Å². The highest BCUT2D eigenvalue weighted by molar-refractivity contribution is 7.90. The van der Waals surface area contributed by atoms with Gasteiger partial charge >= 0.3 is 0 Å². The maximum Gasteiger partial charge on any atom is 0.253 e. The molecule has 1 heterocycles. The fourth-order valence-electron chi connectivity index (χ4n) is 3.13. The number of hydrogen-bond acceptors (Lipinski definition) is 6. The molecule has 0 unspecified atom stereocenters. The summed E-state index contributed by atoms with van der Waals surface area (Å²) >= 11 is 0. The van der Waals surface area contributed by atoms with E-state index in [1.54, 1.807) is 30.9 Å². The highest BCUT2D eigenvalue weighted by atomic mass is 32.2. The van der Waals surface area contributed by atoms with Crippen LogP contribution in [-0.4, -0.2) is 94.7 Å². The quantitative estimate of drug-likeness (QED) is 0.596. The van der Waals surface area contributed by atoms with Crippen molar-refractivity contribution in [2.24, 2.45) is 0 Å². The van der Waals surface area contributed by atoms with Crippen molar-refractivity contribution in [2.75, 3.05) is 57.8 Å². The molecule has 1 saturated heterocycles. The monoisotopic (exact) mass is 431 g/mol. The van der Waals surface area contributed by atoms with Crippen LogP contribution in [0.4, 0.5) is 0 Å². The highest BCUT2D eigenvalue weighted by Crippen LogP contribution is 2.17. The Hall–Kier alpha value is -1.49. The van der Waals surface area contributed by atoms with Gasteiger partial charge < -0.3 is 4.90 Å². The molecule has 1 aromatic carbocycles. The largest absolute Gasteiger partial charge is 0.336 e. The Morgan fingerprint density at radius 1 is 0.964 bits per heavy atom. The number of nitrogens with zero attached hydrogens (tertiary/aromatic N) is 3. The fraction of sp³-hybridized carbons (Fsp3) is 0.611. The normalized spacial score (nSPS) is 16.5. The number of hydrogen-bond donors (Lipinski definition) is 0. The lowest BCUT2D eigenvalue weighted by atomic mass is 10.2. The lowest BCUT2D eigenvalue weighted by Crippen LogP contribution is -2.49. The third-order valence-corrected chi connectivity index (χ3v) is 7.87. The first kappa shape index (κ1) is 22.8. The van der Waals surface area contributed by atoms with Gasteiger partial charge in [-0.3, -0.25) is 9.69 Å². The summed E-state index contributed by atoms with van der Waals surface area (Å²) in [5.41, 5.74) is 0.447. The zero-order valence-corrected chi connectivity index (χ0v) is 18.3. The van der Waals surface area contributed by atoms with Crippen LogP contribution in [0.1, 0.15) is 24.2 Å². The van der Waals surface area contributed by atoms with Crippen molar-refractivity contribution >= 4 is 25.8 Å². The van der Waals surface area contributed by atoms with Gasteiger partial charge in [-0.05, 0) is 24.3 Å². The second-order valence-corrected chi connectivity index (χ2v) is 11.1. The number of sulfonamides is 1. The van der Waals surface area contributed by atoms with E-state index in [-0.39, 0.29) is 16.6 Å². The third kappa shape index (κ3) is 5.76. The van der Waals surface area contributed by atoms with Gasteiger partial charge in [0.1, 0.15) is 9.84 Å². The molecule has 1 fully saturated rings. The summed E-state index contributed by atoms with van der Waals surface area (Å²) in [5, 5.41) is 0. The average Bonchev–Trinajstić information content (AvgIpc) is 2.66. The molecule has 8 nitrogen and oxygen atoms in total. The summed E-state index contributed by atoms with van der Waals surface area (Å²) in [5.74, 6) is -0.0294. The molecule has 2 rings (SSSR count). The van der Waals surface area contributed by atoms with E-state index in [0.717, 1.165) is 0 Å². The summed E-state index contributed by atoms with van der Waals surface area (Å²) in [4.78, 5) is 16.6. The molecule has 0 aliphatic carbocycles. The minimum Gasteiger partial charge on any atom is -0.336 e. The lowest BCUT2D eigenvalue weighted by molar-refractivity contribution is 0.0644. The second-order valence-electron chi connectivity index (χ2n) is 6.88. The molecule has 158 valence electrons. The van der Waals surface area contributed by atoms with Crippen LogP contribution < -0.4 is 0 Å². The number of piperazine rings is 1. The zero-order valence-electron chi connectivity index (χ0n) is 16.7. The highest BCUT2D eigenvalue weighted by Gasteiger charge is 2.24. The molecular formula is C18H29N3O5S2. The maximum absolute atomic E-state index is 12.7. The van der Waals surface area contributed by atoms with E-state index in [4.69, 9.17) is 0 Å². The molecule has 1 aliphatic rings. The Morgan fingerprint density at radius 2 is 1.50 bits per heavy atom. The molecule has 0 saturated carbocycles. The first-order chi connectivity index (χ1) is 13.1. The van der Waals surface area contributed by atoms with E-state index in [9.17, 15) is 21.6 Å². The molecular weight excluding hydrogens is 402 g/mol. The minimum absolute atomic E-state index is 0.115. The number of carbonyl (C=O) groups excluding carboxylic acids is 1. The number of sulfone groups is 1. The van der Waals surface area contributed by atoms with Crippen LogP contribution in [0, 0.1) is 0 Å². The third-order valence-electron chi connectivity index (χ3n) is 4.88. The van der Waals surface area contributed by atoms with Gasteiger partial charge in [-0.15, -0.1) is 0 Å². The van der Waals surface area contributed by atoms with E-state index in [2.05, 4.69) is 0 Å². The van der Waals surface area contributed by atoms with Crippen molar-refractivity contribution < 1.29 is 21.6 Å². The molecule has 0 aromatic heterocycles. The number of rotatable bonds is 8. The van der Waals surface area contributed by atoms with Crippen molar-refractivity contribution in [1.29, 1.82) is 0 Å². The molecule has 1 aliphatic heterocycles. The van der Waals surface area contributed by atoms with Gasteiger partial charge in [0, 0.05) is 57.6 Å². The van der Waals surface area contributed by atoms with Gasteiger partial charge in [0.25, 0.3) is 5.91 Å².